The highest BCUT2D eigenvalue weighted by Crippen LogP contribution is 1.79. The molecule has 0 saturated carbocycles. The quantitative estimate of drug-likeness (QED) is 0.260. The lowest BCUT2D eigenvalue weighted by atomic mass is 10.7. The SMILES string of the molecule is O=C=CC(=O)P. The summed E-state index contributed by atoms with van der Waals surface area (Å²) in [7, 11) is 1.82. The average Bonchev–Trinajstić information content (AvgIpc) is 1.35. The molecule has 0 saturated heterocycles. The Morgan fingerprint density at radius 1 is 1.83 bits per heavy atom. The Balaban J connectivity index is 3.60. The molecule has 1 unspecified atom stereocenters. The van der Waals surface area contributed by atoms with Crippen molar-refractivity contribution < 1.29 is 9.59 Å². The van der Waals surface area contributed by atoms with E-state index >= 15 is 0 Å². The molecule has 0 amide bonds. The number of allylic oxidation sites excluding steroid dienone is 1. The molecule has 0 rings (SSSR count). The fraction of sp³-hybridized carbons (Fsp3) is 0. The molecule has 0 aromatic rings. The molecule has 1 atom stereocenters. The van der Waals surface area contributed by atoms with E-state index < -0.39 is 0 Å². The van der Waals surface area contributed by atoms with Crippen molar-refractivity contribution in [3.63, 3.8) is 0 Å². The summed E-state index contributed by atoms with van der Waals surface area (Å²) in [5.74, 6) is 1.32. The number of hydrogen-bond donors (Lipinski definition) is 0. The summed E-state index contributed by atoms with van der Waals surface area (Å²) in [6, 6.07) is 0. The molecule has 0 spiro atoms. The van der Waals surface area contributed by atoms with Crippen LogP contribution in [0.15, 0.2) is 6.08 Å². The van der Waals surface area contributed by atoms with Gasteiger partial charge >= 0.3 is 0 Å². The second kappa shape index (κ2) is 2.77. The second-order valence-corrected chi connectivity index (χ2v) is 1.23. The van der Waals surface area contributed by atoms with E-state index in [1.807, 2.05) is 9.24 Å². The first-order valence-electron chi connectivity index (χ1n) is 1.27. The summed E-state index contributed by atoms with van der Waals surface area (Å²) in [6.07, 6.45) is 0.810. The Bertz CT molecular complexity index is 101. The fourth-order valence-corrected chi connectivity index (χ4v) is 0.126. The lowest BCUT2D eigenvalue weighted by molar-refractivity contribution is -0.107. The van der Waals surface area contributed by atoms with Gasteiger partial charge in [0.25, 0.3) is 0 Å². The predicted molar refractivity (Wildman–Crippen MR) is 25.0 cm³/mol. The lowest BCUT2D eigenvalue weighted by Crippen LogP contribution is -1.70. The minimum Gasteiger partial charge on any atom is -0.290 e. The minimum atomic E-state index is -0.343. The molecule has 0 aliphatic rings. The third kappa shape index (κ3) is 3.55. The third-order valence-corrected chi connectivity index (χ3v) is 0.368. The Kier molecular flexibility index (Phi) is 2.56. The first-order valence-corrected chi connectivity index (χ1v) is 1.85. The number of carbonyl (C=O) groups is 1. The highest BCUT2D eigenvalue weighted by atomic mass is 31.0. The third-order valence-electron chi connectivity index (χ3n) is 0.201. The second-order valence-electron chi connectivity index (χ2n) is 0.665. The molecule has 0 aliphatic heterocycles. The van der Waals surface area contributed by atoms with Crippen molar-refractivity contribution >= 4 is 20.7 Å². The Labute approximate surface area is 37.4 Å². The van der Waals surface area contributed by atoms with Crippen molar-refractivity contribution in [3.8, 4) is 0 Å². The summed E-state index contributed by atoms with van der Waals surface area (Å²) < 4.78 is 0. The van der Waals surface area contributed by atoms with Crippen LogP contribution in [0, 0.1) is 0 Å². The van der Waals surface area contributed by atoms with Crippen molar-refractivity contribution in [2.45, 2.75) is 0 Å². The molecule has 2 nitrogen and oxygen atoms in total. The summed E-state index contributed by atoms with van der Waals surface area (Å²) in [5, 5.41) is 0. The van der Waals surface area contributed by atoms with Gasteiger partial charge in [-0.25, -0.2) is 4.79 Å². The van der Waals surface area contributed by atoms with E-state index in [0.717, 1.165) is 6.08 Å². The average molecular weight is 102 g/mol. The molecule has 0 N–H and O–H groups in total. The highest BCUT2D eigenvalue weighted by molar-refractivity contribution is 7.41. The minimum absolute atomic E-state index is 0.343. The van der Waals surface area contributed by atoms with Crippen LogP contribution < -0.4 is 0 Å². The number of rotatable bonds is 1. The van der Waals surface area contributed by atoms with Gasteiger partial charge in [0.1, 0.15) is 5.94 Å². The normalized spacial score (nSPS) is 6.17. The monoisotopic (exact) mass is 102 g/mol. The van der Waals surface area contributed by atoms with Gasteiger partial charge in [0, 0.05) is 0 Å². The maximum Gasteiger partial charge on any atom is 0.181 e. The molecule has 0 aliphatic carbocycles. The smallest absolute Gasteiger partial charge is 0.181 e. The van der Waals surface area contributed by atoms with Gasteiger partial charge in [0.15, 0.2) is 5.52 Å². The van der Waals surface area contributed by atoms with Crippen LogP contribution in [0.25, 0.3) is 0 Å². The van der Waals surface area contributed by atoms with E-state index in [0.29, 0.717) is 0 Å². The van der Waals surface area contributed by atoms with Crippen molar-refractivity contribution in [2.24, 2.45) is 0 Å². The van der Waals surface area contributed by atoms with Crippen LogP contribution in [-0.2, 0) is 9.59 Å². The van der Waals surface area contributed by atoms with Gasteiger partial charge < -0.3 is 0 Å². The molecule has 0 radical (unpaired) electrons. The molecule has 6 heavy (non-hydrogen) atoms. The molecule has 0 fully saturated rings. The maximum atomic E-state index is 9.69. The van der Waals surface area contributed by atoms with Crippen LogP contribution in [-0.4, -0.2) is 11.5 Å². The van der Waals surface area contributed by atoms with E-state index in [-0.39, 0.29) is 5.52 Å². The standard InChI is InChI=1S/C3H3O2P/c4-2-1-3(5)6/h1H,6H2. The Hall–Kier alpha value is -0.450. The van der Waals surface area contributed by atoms with E-state index in [1.165, 1.54) is 5.94 Å². The van der Waals surface area contributed by atoms with E-state index in [4.69, 9.17) is 0 Å². The topological polar surface area (TPSA) is 34.1 Å². The molecule has 3 heteroatoms. The van der Waals surface area contributed by atoms with Crippen LogP contribution in [0.2, 0.25) is 0 Å². The van der Waals surface area contributed by atoms with Gasteiger partial charge in [-0.2, -0.15) is 0 Å². The largest absolute Gasteiger partial charge is 0.290 e. The van der Waals surface area contributed by atoms with E-state index in [2.05, 4.69) is 0 Å². The Morgan fingerprint density at radius 2 is 2.33 bits per heavy atom. The van der Waals surface area contributed by atoms with Gasteiger partial charge in [-0.1, -0.05) is 9.24 Å². The fourth-order valence-electron chi connectivity index (χ4n) is 0.0581. The van der Waals surface area contributed by atoms with E-state index in [1.54, 1.807) is 0 Å². The molecule has 0 bridgehead atoms. The zero-order chi connectivity index (χ0) is 4.99. The summed E-state index contributed by atoms with van der Waals surface area (Å²) in [4.78, 5) is 18.9. The number of hydrogen-bond acceptors (Lipinski definition) is 2. The van der Waals surface area contributed by atoms with Crippen LogP contribution in [0.4, 0.5) is 0 Å². The van der Waals surface area contributed by atoms with Gasteiger partial charge in [0.2, 0.25) is 0 Å². The van der Waals surface area contributed by atoms with Gasteiger partial charge in [-0.15, -0.1) is 0 Å². The summed E-state index contributed by atoms with van der Waals surface area (Å²) >= 11 is 0. The molecule has 0 aromatic carbocycles. The molecule has 0 heterocycles. The van der Waals surface area contributed by atoms with Crippen molar-refractivity contribution in [2.75, 3.05) is 0 Å². The maximum absolute atomic E-state index is 9.69. The van der Waals surface area contributed by atoms with Crippen molar-refractivity contribution in [1.29, 1.82) is 0 Å². The van der Waals surface area contributed by atoms with Crippen LogP contribution in [0.3, 0.4) is 0 Å². The molecular weight excluding hydrogens is 99.0 g/mol. The van der Waals surface area contributed by atoms with Crippen molar-refractivity contribution in [1.82, 2.24) is 0 Å². The van der Waals surface area contributed by atoms with Crippen LogP contribution in [0.5, 0.6) is 0 Å². The van der Waals surface area contributed by atoms with Gasteiger partial charge in [0.05, 0.1) is 6.08 Å². The lowest BCUT2D eigenvalue weighted by Gasteiger charge is -1.61. The van der Waals surface area contributed by atoms with Gasteiger partial charge in [-0.05, 0) is 0 Å². The molecule has 32 valence electrons. The molecule has 0 aromatic heterocycles. The zero-order valence-electron chi connectivity index (χ0n) is 2.97. The first-order chi connectivity index (χ1) is 2.77. The Morgan fingerprint density at radius 3 is 2.33 bits per heavy atom. The van der Waals surface area contributed by atoms with Crippen LogP contribution in [0.1, 0.15) is 0 Å². The van der Waals surface area contributed by atoms with Gasteiger partial charge in [-0.3, -0.25) is 4.79 Å². The molecular formula is C3H3O2P. The highest BCUT2D eigenvalue weighted by Gasteiger charge is 1.75. The van der Waals surface area contributed by atoms with Crippen LogP contribution >= 0.6 is 9.24 Å². The number of carbonyl (C=O) groups excluding carboxylic acids is 2. The summed E-state index contributed by atoms with van der Waals surface area (Å²) in [5.41, 5.74) is -0.343. The van der Waals surface area contributed by atoms with E-state index in [9.17, 15) is 9.59 Å². The summed E-state index contributed by atoms with van der Waals surface area (Å²) in [6.45, 7) is 0. The van der Waals surface area contributed by atoms with Crippen molar-refractivity contribution in [3.05, 3.63) is 6.08 Å². The first kappa shape index (κ1) is 5.55. The zero-order valence-corrected chi connectivity index (χ0v) is 4.13. The predicted octanol–water partition coefficient (Wildman–Crippen LogP) is -0.224.